The van der Waals surface area contributed by atoms with E-state index in [2.05, 4.69) is 12.2 Å². The van der Waals surface area contributed by atoms with Crippen molar-refractivity contribution in [2.24, 2.45) is 5.41 Å². The number of hydrogen-bond acceptors (Lipinski definition) is 3. The van der Waals surface area contributed by atoms with Crippen molar-refractivity contribution in [3.8, 4) is 0 Å². The topological polar surface area (TPSA) is 66.4 Å². The van der Waals surface area contributed by atoms with Crippen LogP contribution in [0.25, 0.3) is 0 Å². The molecular weight excluding hydrogens is 250 g/mol. The fraction of sp³-hybridized carbons (Fsp3) is 0.846. The van der Waals surface area contributed by atoms with Crippen LogP contribution in [-0.2, 0) is 9.59 Å². The van der Waals surface area contributed by atoms with Gasteiger partial charge in [-0.05, 0) is 25.0 Å². The molecule has 0 aromatic carbocycles. The highest BCUT2D eigenvalue weighted by molar-refractivity contribution is 7.99. The highest BCUT2D eigenvalue weighted by atomic mass is 32.2. The Kier molecular flexibility index (Phi) is 8.89. The molecule has 1 amide bonds. The number of carbonyl (C=O) groups is 2. The van der Waals surface area contributed by atoms with Gasteiger partial charge in [-0.2, -0.15) is 11.8 Å². The van der Waals surface area contributed by atoms with Crippen LogP contribution in [0.15, 0.2) is 0 Å². The van der Waals surface area contributed by atoms with E-state index in [4.69, 9.17) is 0 Å². The molecule has 0 aliphatic carbocycles. The van der Waals surface area contributed by atoms with Crippen molar-refractivity contribution >= 4 is 23.6 Å². The summed E-state index contributed by atoms with van der Waals surface area (Å²) in [5, 5.41) is 12.0. The molecule has 0 rings (SSSR count). The van der Waals surface area contributed by atoms with Crippen molar-refractivity contribution in [1.29, 1.82) is 0 Å². The Morgan fingerprint density at radius 1 is 1.22 bits per heavy atom. The van der Waals surface area contributed by atoms with Gasteiger partial charge in [-0.3, -0.25) is 9.59 Å². The van der Waals surface area contributed by atoms with E-state index in [-0.39, 0.29) is 12.5 Å². The van der Waals surface area contributed by atoms with E-state index in [9.17, 15) is 14.7 Å². The van der Waals surface area contributed by atoms with Crippen LogP contribution in [0, 0.1) is 5.41 Å². The lowest BCUT2D eigenvalue weighted by molar-refractivity contribution is -0.149. The number of carboxylic acids is 1. The number of thioether (sulfide) groups is 1. The van der Waals surface area contributed by atoms with Crippen molar-refractivity contribution in [3.63, 3.8) is 0 Å². The van der Waals surface area contributed by atoms with Gasteiger partial charge in [0, 0.05) is 6.54 Å². The maximum absolute atomic E-state index is 11.6. The molecule has 0 saturated heterocycles. The fourth-order valence-corrected chi connectivity index (χ4v) is 2.53. The first-order valence-corrected chi connectivity index (χ1v) is 7.75. The van der Waals surface area contributed by atoms with Crippen LogP contribution in [0.1, 0.15) is 46.5 Å². The van der Waals surface area contributed by atoms with Crippen LogP contribution in [0.4, 0.5) is 0 Å². The highest BCUT2D eigenvalue weighted by Crippen LogP contribution is 2.25. The van der Waals surface area contributed by atoms with Crippen molar-refractivity contribution in [2.45, 2.75) is 46.5 Å². The fourth-order valence-electron chi connectivity index (χ4n) is 1.61. The van der Waals surface area contributed by atoms with Crippen molar-refractivity contribution < 1.29 is 14.7 Å². The average Bonchev–Trinajstić information content (AvgIpc) is 2.36. The minimum Gasteiger partial charge on any atom is -0.481 e. The van der Waals surface area contributed by atoms with Gasteiger partial charge in [0.2, 0.25) is 5.91 Å². The SMILES string of the molecule is CCCCSCC(=O)NCC(CC)(CC)C(=O)O. The minimum absolute atomic E-state index is 0.0661. The normalized spacial score (nSPS) is 11.3. The van der Waals surface area contributed by atoms with E-state index < -0.39 is 11.4 Å². The van der Waals surface area contributed by atoms with Crippen LogP contribution in [0.3, 0.4) is 0 Å². The summed E-state index contributed by atoms with van der Waals surface area (Å²) in [6.45, 7) is 6.03. The van der Waals surface area contributed by atoms with Gasteiger partial charge >= 0.3 is 5.97 Å². The summed E-state index contributed by atoms with van der Waals surface area (Å²) in [7, 11) is 0. The third-order valence-corrected chi connectivity index (χ3v) is 4.35. The lowest BCUT2D eigenvalue weighted by Gasteiger charge is -2.26. The zero-order valence-corrected chi connectivity index (χ0v) is 12.4. The summed E-state index contributed by atoms with van der Waals surface area (Å²) >= 11 is 1.60. The number of rotatable bonds is 10. The second-order valence-electron chi connectivity index (χ2n) is 4.48. The number of hydrogen-bond donors (Lipinski definition) is 2. The maximum atomic E-state index is 11.6. The predicted octanol–water partition coefficient (Wildman–Crippen LogP) is 2.53. The molecule has 0 radical (unpaired) electrons. The largest absolute Gasteiger partial charge is 0.481 e. The van der Waals surface area contributed by atoms with Gasteiger partial charge in [0.05, 0.1) is 11.2 Å². The Balaban J connectivity index is 4.04. The lowest BCUT2D eigenvalue weighted by Crippen LogP contribution is -2.42. The quantitative estimate of drug-likeness (QED) is 0.601. The average molecular weight is 275 g/mol. The second-order valence-corrected chi connectivity index (χ2v) is 5.58. The van der Waals surface area contributed by atoms with E-state index >= 15 is 0 Å². The van der Waals surface area contributed by atoms with Crippen molar-refractivity contribution in [1.82, 2.24) is 5.32 Å². The monoisotopic (exact) mass is 275 g/mol. The van der Waals surface area contributed by atoms with Gasteiger partial charge < -0.3 is 10.4 Å². The summed E-state index contributed by atoms with van der Waals surface area (Å²) in [5.41, 5.74) is -0.816. The predicted molar refractivity (Wildman–Crippen MR) is 75.9 cm³/mol. The molecule has 18 heavy (non-hydrogen) atoms. The van der Waals surface area contributed by atoms with Crippen molar-refractivity contribution in [2.75, 3.05) is 18.1 Å². The molecule has 0 atom stereocenters. The molecule has 0 aromatic rings. The highest BCUT2D eigenvalue weighted by Gasteiger charge is 2.34. The standard InChI is InChI=1S/C13H25NO3S/c1-4-7-8-18-9-11(15)14-10-13(5-2,6-3)12(16)17/h4-10H2,1-3H3,(H,14,15)(H,16,17). The van der Waals surface area contributed by atoms with Crippen LogP contribution in [-0.4, -0.2) is 35.0 Å². The Morgan fingerprint density at radius 2 is 1.83 bits per heavy atom. The number of carbonyl (C=O) groups excluding carboxylic acids is 1. The van der Waals surface area contributed by atoms with E-state index in [1.54, 1.807) is 11.8 Å². The summed E-state index contributed by atoms with van der Waals surface area (Å²) in [6.07, 6.45) is 3.30. The van der Waals surface area contributed by atoms with Crippen molar-refractivity contribution in [3.05, 3.63) is 0 Å². The summed E-state index contributed by atoms with van der Waals surface area (Å²) in [6, 6.07) is 0. The van der Waals surface area contributed by atoms with Crippen LogP contribution >= 0.6 is 11.8 Å². The van der Waals surface area contributed by atoms with E-state index in [0.29, 0.717) is 18.6 Å². The molecule has 0 fully saturated rings. The Bertz CT molecular complexity index is 265. The van der Waals surface area contributed by atoms with Crippen LogP contribution < -0.4 is 5.32 Å². The van der Waals surface area contributed by atoms with Gasteiger partial charge in [0.1, 0.15) is 0 Å². The van der Waals surface area contributed by atoms with E-state index in [1.165, 1.54) is 0 Å². The van der Waals surface area contributed by atoms with Crippen LogP contribution in [0.2, 0.25) is 0 Å². The first-order chi connectivity index (χ1) is 8.52. The van der Waals surface area contributed by atoms with Gasteiger partial charge in [0.25, 0.3) is 0 Å². The molecule has 0 bridgehead atoms. The smallest absolute Gasteiger partial charge is 0.311 e. The first kappa shape index (κ1) is 17.3. The Hall–Kier alpha value is -0.710. The van der Waals surface area contributed by atoms with Gasteiger partial charge in [-0.15, -0.1) is 0 Å². The summed E-state index contributed by atoms with van der Waals surface area (Å²) in [4.78, 5) is 22.8. The zero-order valence-electron chi connectivity index (χ0n) is 11.6. The zero-order chi connectivity index (χ0) is 14.0. The molecule has 0 spiro atoms. The lowest BCUT2D eigenvalue weighted by atomic mass is 9.82. The van der Waals surface area contributed by atoms with Crippen LogP contribution in [0.5, 0.6) is 0 Å². The molecule has 0 unspecified atom stereocenters. The molecule has 0 aliphatic heterocycles. The molecule has 0 aromatic heterocycles. The minimum atomic E-state index is -0.827. The van der Waals surface area contributed by atoms with E-state index in [0.717, 1.165) is 18.6 Å². The molecule has 4 nitrogen and oxygen atoms in total. The van der Waals surface area contributed by atoms with Gasteiger partial charge in [-0.1, -0.05) is 27.2 Å². The second kappa shape index (κ2) is 9.25. The Labute approximate surface area is 114 Å². The molecule has 5 heteroatoms. The number of amides is 1. The number of nitrogens with one attached hydrogen (secondary N) is 1. The third-order valence-electron chi connectivity index (χ3n) is 3.31. The molecule has 106 valence electrons. The number of carboxylic acid groups (broad SMARTS) is 1. The number of aliphatic carboxylic acids is 1. The molecule has 2 N–H and O–H groups in total. The third kappa shape index (κ3) is 5.76. The molecular formula is C13H25NO3S. The maximum Gasteiger partial charge on any atom is 0.311 e. The molecule has 0 saturated carbocycles. The molecule has 0 aliphatic rings. The molecule has 0 heterocycles. The van der Waals surface area contributed by atoms with Gasteiger partial charge in [0.15, 0.2) is 0 Å². The van der Waals surface area contributed by atoms with Gasteiger partial charge in [-0.25, -0.2) is 0 Å². The first-order valence-electron chi connectivity index (χ1n) is 6.60. The number of unbranched alkanes of at least 4 members (excludes halogenated alkanes) is 1. The summed E-state index contributed by atoms with van der Waals surface area (Å²) < 4.78 is 0. The Morgan fingerprint density at radius 3 is 2.28 bits per heavy atom. The summed E-state index contributed by atoms with van der Waals surface area (Å²) in [5.74, 6) is 0.508. The van der Waals surface area contributed by atoms with E-state index in [1.807, 2.05) is 13.8 Å².